The lowest BCUT2D eigenvalue weighted by Gasteiger charge is -2.23. The molecule has 2 aromatic rings. The maximum absolute atomic E-state index is 12.9. The molecule has 1 aliphatic rings. The molecule has 1 atom stereocenters. The SMILES string of the molecule is Cc1ccc(C2SCCN2S(=O)(=O)c2cccc([N+](=O)[O-])c2)cc1. The number of hydrogen-bond donors (Lipinski definition) is 0. The van der Waals surface area contributed by atoms with E-state index in [2.05, 4.69) is 0 Å². The fraction of sp³-hybridized carbons (Fsp3) is 0.250. The third-order valence-electron chi connectivity index (χ3n) is 3.85. The first-order chi connectivity index (χ1) is 11.4. The van der Waals surface area contributed by atoms with E-state index in [-0.39, 0.29) is 16.0 Å². The Morgan fingerprint density at radius 1 is 1.21 bits per heavy atom. The molecule has 0 aromatic heterocycles. The highest BCUT2D eigenvalue weighted by atomic mass is 32.2. The van der Waals surface area contributed by atoms with Crippen LogP contribution >= 0.6 is 11.8 Å². The van der Waals surface area contributed by atoms with Crippen molar-refractivity contribution in [2.75, 3.05) is 12.3 Å². The molecule has 0 amide bonds. The van der Waals surface area contributed by atoms with E-state index in [9.17, 15) is 18.5 Å². The van der Waals surface area contributed by atoms with E-state index < -0.39 is 14.9 Å². The average Bonchev–Trinajstić information content (AvgIpc) is 3.06. The summed E-state index contributed by atoms with van der Waals surface area (Å²) in [5, 5.41) is 10.6. The number of nitro groups is 1. The highest BCUT2D eigenvalue weighted by molar-refractivity contribution is 8.01. The van der Waals surface area contributed by atoms with E-state index in [0.29, 0.717) is 12.3 Å². The first-order valence-electron chi connectivity index (χ1n) is 7.34. The van der Waals surface area contributed by atoms with Gasteiger partial charge in [0.25, 0.3) is 5.69 Å². The molecule has 3 rings (SSSR count). The summed E-state index contributed by atoms with van der Waals surface area (Å²) in [4.78, 5) is 10.3. The van der Waals surface area contributed by atoms with E-state index in [0.717, 1.165) is 17.2 Å². The number of thioether (sulfide) groups is 1. The molecule has 0 bridgehead atoms. The normalized spacial score (nSPS) is 18.6. The lowest BCUT2D eigenvalue weighted by atomic mass is 10.1. The van der Waals surface area contributed by atoms with Gasteiger partial charge in [-0.2, -0.15) is 4.31 Å². The number of hydrogen-bond acceptors (Lipinski definition) is 5. The van der Waals surface area contributed by atoms with E-state index >= 15 is 0 Å². The zero-order valence-corrected chi connectivity index (χ0v) is 14.6. The minimum atomic E-state index is -3.79. The molecule has 1 heterocycles. The zero-order valence-electron chi connectivity index (χ0n) is 13.0. The second kappa shape index (κ2) is 6.54. The van der Waals surface area contributed by atoms with Crippen molar-refractivity contribution in [3.63, 3.8) is 0 Å². The van der Waals surface area contributed by atoms with Gasteiger partial charge in [-0.05, 0) is 18.6 Å². The molecule has 126 valence electrons. The fourth-order valence-corrected chi connectivity index (χ4v) is 5.87. The van der Waals surface area contributed by atoms with Crippen LogP contribution < -0.4 is 0 Å². The molecule has 0 aliphatic carbocycles. The van der Waals surface area contributed by atoms with Gasteiger partial charge in [0.2, 0.25) is 10.0 Å². The number of rotatable bonds is 4. The Morgan fingerprint density at radius 3 is 2.58 bits per heavy atom. The van der Waals surface area contributed by atoms with Gasteiger partial charge in [0.15, 0.2) is 0 Å². The molecule has 2 aromatic carbocycles. The van der Waals surface area contributed by atoms with E-state index in [1.165, 1.54) is 22.5 Å². The lowest BCUT2D eigenvalue weighted by molar-refractivity contribution is -0.385. The predicted octanol–water partition coefficient (Wildman–Crippen LogP) is 3.34. The summed E-state index contributed by atoms with van der Waals surface area (Å²) in [6.07, 6.45) is 0. The van der Waals surface area contributed by atoms with Crippen LogP contribution in [-0.4, -0.2) is 29.9 Å². The van der Waals surface area contributed by atoms with Crippen molar-refractivity contribution >= 4 is 27.5 Å². The molecule has 0 N–H and O–H groups in total. The van der Waals surface area contributed by atoms with Crippen molar-refractivity contribution in [3.8, 4) is 0 Å². The van der Waals surface area contributed by atoms with Crippen LogP contribution in [0, 0.1) is 17.0 Å². The Hall–Kier alpha value is -1.90. The van der Waals surface area contributed by atoms with Crippen LogP contribution in [0.5, 0.6) is 0 Å². The molecule has 1 aliphatic heterocycles. The fourth-order valence-electron chi connectivity index (χ4n) is 2.59. The quantitative estimate of drug-likeness (QED) is 0.614. The summed E-state index contributed by atoms with van der Waals surface area (Å²) >= 11 is 1.55. The largest absolute Gasteiger partial charge is 0.270 e. The number of benzene rings is 2. The summed E-state index contributed by atoms with van der Waals surface area (Å²) < 4.78 is 27.3. The molecule has 8 heteroatoms. The Labute approximate surface area is 144 Å². The van der Waals surface area contributed by atoms with Gasteiger partial charge >= 0.3 is 0 Å². The van der Waals surface area contributed by atoms with Crippen molar-refractivity contribution in [2.24, 2.45) is 0 Å². The molecular formula is C16H16N2O4S2. The zero-order chi connectivity index (χ0) is 17.3. The monoisotopic (exact) mass is 364 g/mol. The Balaban J connectivity index is 1.97. The van der Waals surface area contributed by atoms with Crippen LogP contribution in [0.3, 0.4) is 0 Å². The Bertz CT molecular complexity index is 866. The van der Waals surface area contributed by atoms with Crippen LogP contribution in [0.25, 0.3) is 0 Å². The molecule has 0 saturated carbocycles. The number of aryl methyl sites for hydroxylation is 1. The molecule has 1 saturated heterocycles. The summed E-state index contributed by atoms with van der Waals surface area (Å²) in [7, 11) is -3.79. The average molecular weight is 364 g/mol. The van der Waals surface area contributed by atoms with E-state index in [4.69, 9.17) is 0 Å². The van der Waals surface area contributed by atoms with Crippen molar-refractivity contribution in [1.29, 1.82) is 0 Å². The second-order valence-corrected chi connectivity index (χ2v) is 8.58. The van der Waals surface area contributed by atoms with Gasteiger partial charge in [0.1, 0.15) is 0 Å². The van der Waals surface area contributed by atoms with Gasteiger partial charge in [0.05, 0.1) is 15.2 Å². The highest BCUT2D eigenvalue weighted by Gasteiger charge is 2.37. The van der Waals surface area contributed by atoms with Crippen molar-refractivity contribution in [1.82, 2.24) is 4.31 Å². The van der Waals surface area contributed by atoms with Crippen LogP contribution in [-0.2, 0) is 10.0 Å². The molecule has 0 spiro atoms. The molecule has 6 nitrogen and oxygen atoms in total. The second-order valence-electron chi connectivity index (χ2n) is 5.50. The maximum atomic E-state index is 12.9. The minimum Gasteiger partial charge on any atom is -0.258 e. The van der Waals surface area contributed by atoms with Crippen LogP contribution in [0.1, 0.15) is 16.5 Å². The number of nitro benzene ring substituents is 1. The first kappa shape index (κ1) is 16.9. The van der Waals surface area contributed by atoms with E-state index in [1.54, 1.807) is 11.8 Å². The van der Waals surface area contributed by atoms with E-state index in [1.807, 2.05) is 31.2 Å². The highest BCUT2D eigenvalue weighted by Crippen LogP contribution is 2.41. The van der Waals surface area contributed by atoms with Gasteiger partial charge in [-0.25, -0.2) is 8.42 Å². The smallest absolute Gasteiger partial charge is 0.258 e. The van der Waals surface area contributed by atoms with Crippen LogP contribution in [0.4, 0.5) is 5.69 Å². The third kappa shape index (κ3) is 3.17. The minimum absolute atomic E-state index is 0.0451. The topological polar surface area (TPSA) is 80.5 Å². The summed E-state index contributed by atoms with van der Waals surface area (Å²) in [6.45, 7) is 2.36. The predicted molar refractivity (Wildman–Crippen MR) is 93.4 cm³/mol. The van der Waals surface area contributed by atoms with Gasteiger partial charge in [-0.3, -0.25) is 10.1 Å². The molecular weight excluding hydrogens is 348 g/mol. The summed E-state index contributed by atoms with van der Waals surface area (Å²) in [6, 6.07) is 13.0. The molecule has 1 unspecified atom stereocenters. The summed E-state index contributed by atoms with van der Waals surface area (Å²) in [5.41, 5.74) is 1.79. The van der Waals surface area contributed by atoms with Crippen LogP contribution in [0.15, 0.2) is 53.4 Å². The van der Waals surface area contributed by atoms with Gasteiger partial charge in [-0.15, -0.1) is 11.8 Å². The van der Waals surface area contributed by atoms with Crippen molar-refractivity contribution in [3.05, 3.63) is 69.8 Å². The molecule has 0 radical (unpaired) electrons. The van der Waals surface area contributed by atoms with Gasteiger partial charge in [0, 0.05) is 24.4 Å². The first-order valence-corrected chi connectivity index (χ1v) is 9.83. The van der Waals surface area contributed by atoms with Crippen LogP contribution in [0.2, 0.25) is 0 Å². The number of nitrogens with zero attached hydrogens (tertiary/aromatic N) is 2. The Morgan fingerprint density at radius 2 is 1.92 bits per heavy atom. The summed E-state index contributed by atoms with van der Waals surface area (Å²) in [5.74, 6) is 0.687. The van der Waals surface area contributed by atoms with Gasteiger partial charge in [-0.1, -0.05) is 35.9 Å². The number of sulfonamides is 1. The molecule has 1 fully saturated rings. The van der Waals surface area contributed by atoms with Crippen molar-refractivity contribution < 1.29 is 13.3 Å². The molecule has 24 heavy (non-hydrogen) atoms. The maximum Gasteiger partial charge on any atom is 0.270 e. The number of non-ortho nitro benzene ring substituents is 1. The van der Waals surface area contributed by atoms with Crippen molar-refractivity contribution in [2.45, 2.75) is 17.2 Å². The lowest BCUT2D eigenvalue weighted by Crippen LogP contribution is -2.30. The standard InChI is InChI=1S/C16H16N2O4S2/c1-12-5-7-13(8-6-12)16-17(9-10-23-16)24(21,22)15-4-2-3-14(11-15)18(19)20/h2-8,11,16H,9-10H2,1H3. The Kier molecular flexibility index (Phi) is 4.62. The van der Waals surface area contributed by atoms with Gasteiger partial charge < -0.3 is 0 Å². The third-order valence-corrected chi connectivity index (χ3v) is 7.10.